The first-order valence-electron chi connectivity index (χ1n) is 6.66. The van der Waals surface area contributed by atoms with Crippen LogP contribution in [0.3, 0.4) is 0 Å². The second-order valence-corrected chi connectivity index (χ2v) is 4.93. The van der Waals surface area contributed by atoms with E-state index in [-0.39, 0.29) is 6.01 Å². The third kappa shape index (κ3) is 3.96. The molecule has 2 aromatic carbocycles. The Kier molecular flexibility index (Phi) is 4.37. The van der Waals surface area contributed by atoms with Crippen molar-refractivity contribution >= 4 is 11.6 Å². The van der Waals surface area contributed by atoms with Crippen LogP contribution in [0.2, 0.25) is 5.02 Å². The minimum Gasteiger partial charge on any atom is -0.457 e. The van der Waals surface area contributed by atoms with Gasteiger partial charge in [-0.05, 0) is 48.5 Å². The van der Waals surface area contributed by atoms with Crippen molar-refractivity contribution in [3.8, 4) is 29.3 Å². The van der Waals surface area contributed by atoms with E-state index in [1.807, 2.05) is 0 Å². The summed E-state index contributed by atoms with van der Waals surface area (Å²) in [6, 6.07) is 16.2. The van der Waals surface area contributed by atoms with Gasteiger partial charge in [-0.25, -0.2) is 9.97 Å². The molecular weight excluding hydrogens is 314 g/mol. The van der Waals surface area contributed by atoms with Crippen molar-refractivity contribution in [2.45, 2.75) is 0 Å². The van der Waals surface area contributed by atoms with Crippen molar-refractivity contribution in [2.24, 2.45) is 0 Å². The van der Waals surface area contributed by atoms with Gasteiger partial charge in [-0.1, -0.05) is 11.6 Å². The zero-order chi connectivity index (χ0) is 16.1. The van der Waals surface area contributed by atoms with Crippen LogP contribution < -0.4 is 9.47 Å². The molecule has 0 N–H and O–H groups in total. The van der Waals surface area contributed by atoms with Gasteiger partial charge in [-0.2, -0.15) is 5.26 Å². The lowest BCUT2D eigenvalue weighted by Crippen LogP contribution is -1.91. The number of benzene rings is 2. The van der Waals surface area contributed by atoms with E-state index in [1.54, 1.807) is 48.5 Å². The maximum Gasteiger partial charge on any atom is 0.321 e. The molecule has 5 nitrogen and oxygen atoms in total. The molecule has 0 aliphatic heterocycles. The zero-order valence-corrected chi connectivity index (χ0v) is 12.6. The second kappa shape index (κ2) is 6.77. The van der Waals surface area contributed by atoms with Gasteiger partial charge in [0.1, 0.15) is 17.2 Å². The summed E-state index contributed by atoms with van der Waals surface area (Å²) in [6.45, 7) is 0. The summed E-state index contributed by atoms with van der Waals surface area (Å²) in [5.41, 5.74) is 0.587. The Morgan fingerprint density at radius 3 is 1.78 bits per heavy atom. The monoisotopic (exact) mass is 323 g/mol. The zero-order valence-electron chi connectivity index (χ0n) is 11.8. The SMILES string of the molecule is N#Cc1ccc(Oc2ccc(Oc3ncc(Cl)cn3)cc2)cc1. The number of hydrogen-bond acceptors (Lipinski definition) is 5. The second-order valence-electron chi connectivity index (χ2n) is 4.50. The molecule has 6 heteroatoms. The molecule has 0 atom stereocenters. The lowest BCUT2D eigenvalue weighted by atomic mass is 10.2. The molecule has 1 aromatic heterocycles. The van der Waals surface area contributed by atoms with Crippen LogP contribution in [0.15, 0.2) is 60.9 Å². The van der Waals surface area contributed by atoms with Gasteiger partial charge >= 0.3 is 6.01 Å². The van der Waals surface area contributed by atoms with Crippen molar-refractivity contribution < 1.29 is 9.47 Å². The molecule has 1 heterocycles. The van der Waals surface area contributed by atoms with E-state index in [0.29, 0.717) is 27.8 Å². The number of ether oxygens (including phenoxy) is 2. The maximum absolute atomic E-state index is 8.76. The van der Waals surface area contributed by atoms with Crippen LogP contribution in [-0.4, -0.2) is 9.97 Å². The van der Waals surface area contributed by atoms with E-state index in [1.165, 1.54) is 12.4 Å². The maximum atomic E-state index is 8.76. The Balaban J connectivity index is 1.66. The third-order valence-corrected chi connectivity index (χ3v) is 3.04. The highest BCUT2D eigenvalue weighted by atomic mass is 35.5. The molecule has 0 radical (unpaired) electrons. The van der Waals surface area contributed by atoms with E-state index < -0.39 is 0 Å². The van der Waals surface area contributed by atoms with Gasteiger partial charge in [0.15, 0.2) is 0 Å². The van der Waals surface area contributed by atoms with E-state index in [4.69, 9.17) is 26.3 Å². The predicted molar refractivity (Wildman–Crippen MR) is 84.8 cm³/mol. The molecular formula is C17H10ClN3O2. The summed E-state index contributed by atoms with van der Waals surface area (Å²) < 4.78 is 11.2. The summed E-state index contributed by atoms with van der Waals surface area (Å²) in [5.74, 6) is 1.89. The van der Waals surface area contributed by atoms with Crippen LogP contribution in [0.4, 0.5) is 0 Å². The van der Waals surface area contributed by atoms with Crippen LogP contribution in [0.5, 0.6) is 23.3 Å². The number of rotatable bonds is 4. The van der Waals surface area contributed by atoms with Gasteiger partial charge in [0, 0.05) is 0 Å². The molecule has 0 fully saturated rings. The summed E-state index contributed by atoms with van der Waals surface area (Å²) in [5, 5.41) is 9.21. The summed E-state index contributed by atoms with van der Waals surface area (Å²) in [6.07, 6.45) is 2.93. The van der Waals surface area contributed by atoms with Gasteiger partial charge in [0.05, 0.1) is 29.0 Å². The van der Waals surface area contributed by atoms with Gasteiger partial charge in [-0.3, -0.25) is 0 Å². The molecule has 0 aliphatic carbocycles. The van der Waals surface area contributed by atoms with Crippen molar-refractivity contribution in [1.29, 1.82) is 5.26 Å². The van der Waals surface area contributed by atoms with Gasteiger partial charge in [-0.15, -0.1) is 0 Å². The smallest absolute Gasteiger partial charge is 0.321 e. The standard InChI is InChI=1S/C17H10ClN3O2/c18-13-10-20-17(21-11-13)23-16-7-5-15(6-8-16)22-14-3-1-12(9-19)2-4-14/h1-8,10-11H. The molecule has 112 valence electrons. The van der Waals surface area contributed by atoms with E-state index in [2.05, 4.69) is 16.0 Å². The molecule has 0 spiro atoms. The van der Waals surface area contributed by atoms with Gasteiger partial charge in [0.2, 0.25) is 0 Å². The highest BCUT2D eigenvalue weighted by Gasteiger charge is 2.02. The van der Waals surface area contributed by atoms with Crippen molar-refractivity contribution in [1.82, 2.24) is 9.97 Å². The van der Waals surface area contributed by atoms with Crippen LogP contribution in [0.1, 0.15) is 5.56 Å². The lowest BCUT2D eigenvalue weighted by molar-refractivity contribution is 0.438. The van der Waals surface area contributed by atoms with E-state index in [9.17, 15) is 0 Å². The average Bonchev–Trinajstić information content (AvgIpc) is 2.59. The molecule has 0 bridgehead atoms. The van der Waals surface area contributed by atoms with Crippen LogP contribution in [-0.2, 0) is 0 Å². The fraction of sp³-hybridized carbons (Fsp3) is 0. The Labute approximate surface area is 137 Å². The highest BCUT2D eigenvalue weighted by molar-refractivity contribution is 6.30. The van der Waals surface area contributed by atoms with Gasteiger partial charge in [0.25, 0.3) is 0 Å². The number of halogens is 1. The first-order chi connectivity index (χ1) is 11.2. The first kappa shape index (κ1) is 14.8. The fourth-order valence-corrected chi connectivity index (χ4v) is 1.87. The topological polar surface area (TPSA) is 68.0 Å². The molecule has 0 saturated heterocycles. The number of hydrogen-bond donors (Lipinski definition) is 0. The fourth-order valence-electron chi connectivity index (χ4n) is 1.77. The molecule has 3 rings (SSSR count). The minimum absolute atomic E-state index is 0.218. The Hall–Kier alpha value is -3.10. The Morgan fingerprint density at radius 1 is 0.783 bits per heavy atom. The lowest BCUT2D eigenvalue weighted by Gasteiger charge is -2.07. The number of aromatic nitrogens is 2. The largest absolute Gasteiger partial charge is 0.457 e. The molecule has 0 amide bonds. The first-order valence-corrected chi connectivity index (χ1v) is 7.04. The quantitative estimate of drug-likeness (QED) is 0.702. The van der Waals surface area contributed by atoms with Crippen LogP contribution in [0.25, 0.3) is 0 Å². The molecule has 0 aliphatic rings. The molecule has 23 heavy (non-hydrogen) atoms. The predicted octanol–water partition coefficient (Wildman–Crippen LogP) is 4.59. The average molecular weight is 324 g/mol. The summed E-state index contributed by atoms with van der Waals surface area (Å²) >= 11 is 5.72. The third-order valence-electron chi connectivity index (χ3n) is 2.85. The summed E-state index contributed by atoms with van der Waals surface area (Å²) in [7, 11) is 0. The molecule has 3 aromatic rings. The molecule has 0 unspecified atom stereocenters. The summed E-state index contributed by atoms with van der Waals surface area (Å²) in [4.78, 5) is 7.91. The normalized spacial score (nSPS) is 9.91. The van der Waals surface area contributed by atoms with Crippen LogP contribution in [0, 0.1) is 11.3 Å². The van der Waals surface area contributed by atoms with Gasteiger partial charge < -0.3 is 9.47 Å². The number of nitriles is 1. The Bertz CT molecular complexity index is 826. The number of nitrogens with zero attached hydrogens (tertiary/aromatic N) is 3. The van der Waals surface area contributed by atoms with E-state index in [0.717, 1.165) is 0 Å². The van der Waals surface area contributed by atoms with Crippen molar-refractivity contribution in [3.63, 3.8) is 0 Å². The minimum atomic E-state index is 0.218. The van der Waals surface area contributed by atoms with E-state index >= 15 is 0 Å². The molecule has 0 saturated carbocycles. The Morgan fingerprint density at radius 2 is 1.26 bits per heavy atom. The highest BCUT2D eigenvalue weighted by Crippen LogP contribution is 2.25. The van der Waals surface area contributed by atoms with Crippen LogP contribution >= 0.6 is 11.6 Å². The van der Waals surface area contributed by atoms with Crippen molar-refractivity contribution in [2.75, 3.05) is 0 Å². The van der Waals surface area contributed by atoms with Crippen molar-refractivity contribution in [3.05, 3.63) is 71.5 Å².